The van der Waals surface area contributed by atoms with Gasteiger partial charge in [0, 0.05) is 6.54 Å². The first-order valence-electron chi connectivity index (χ1n) is 8.01. The molecule has 3 N–H and O–H groups in total. The van der Waals surface area contributed by atoms with Crippen LogP contribution in [0.5, 0.6) is 0 Å². The monoisotopic (exact) mass is 367 g/mol. The van der Waals surface area contributed by atoms with Crippen molar-refractivity contribution in [2.24, 2.45) is 0 Å². The zero-order valence-electron chi connectivity index (χ0n) is 13.9. The van der Waals surface area contributed by atoms with Crippen LogP contribution in [-0.4, -0.2) is 55.2 Å². The van der Waals surface area contributed by atoms with E-state index in [9.17, 15) is 4.79 Å². The Morgan fingerprint density at radius 3 is 2.67 bits per heavy atom. The summed E-state index contributed by atoms with van der Waals surface area (Å²) in [5.41, 5.74) is 1.71. The van der Waals surface area contributed by atoms with Gasteiger partial charge in [-0.1, -0.05) is 35.9 Å². The van der Waals surface area contributed by atoms with Crippen LogP contribution in [0.25, 0.3) is 0 Å². The van der Waals surface area contributed by atoms with E-state index >= 15 is 0 Å². The number of quaternary nitrogens is 1. The molecule has 5 nitrogen and oxygen atoms in total. The number of carbonyl (C=O) groups is 1. The lowest BCUT2D eigenvalue weighted by Crippen LogP contribution is -3.15. The fraction of sp³-hybridized carbons (Fsp3) is 0.412. The summed E-state index contributed by atoms with van der Waals surface area (Å²) >= 11 is 11.5. The van der Waals surface area contributed by atoms with Gasteiger partial charge in [0.25, 0.3) is 5.91 Å². The number of para-hydroxylation sites is 1. The van der Waals surface area contributed by atoms with Crippen molar-refractivity contribution in [3.8, 4) is 0 Å². The van der Waals surface area contributed by atoms with Crippen LogP contribution >= 0.6 is 23.8 Å². The van der Waals surface area contributed by atoms with E-state index in [0.717, 1.165) is 36.9 Å². The molecule has 0 unspecified atom stereocenters. The molecule has 1 fully saturated rings. The van der Waals surface area contributed by atoms with Crippen LogP contribution in [0.1, 0.15) is 6.92 Å². The SMILES string of the molecule is C=C(C)CNC(=S)N1CC[NH+](CC(=O)Nc2ccccc2Cl)CC1. The fourth-order valence-electron chi connectivity index (χ4n) is 2.53. The topological polar surface area (TPSA) is 48.8 Å². The first-order valence-corrected chi connectivity index (χ1v) is 8.79. The molecule has 1 aliphatic rings. The van der Waals surface area contributed by atoms with E-state index in [1.54, 1.807) is 12.1 Å². The number of hydrogen-bond donors (Lipinski definition) is 3. The number of amides is 1. The molecule has 1 aromatic carbocycles. The Morgan fingerprint density at radius 2 is 2.04 bits per heavy atom. The molecule has 1 saturated heterocycles. The number of carbonyl (C=O) groups excluding carboxylic acids is 1. The van der Waals surface area contributed by atoms with Crippen LogP contribution in [-0.2, 0) is 4.79 Å². The molecule has 0 aliphatic carbocycles. The Morgan fingerprint density at radius 1 is 1.38 bits per heavy atom. The Kier molecular flexibility index (Phi) is 7.02. The van der Waals surface area contributed by atoms with Crippen LogP contribution in [0, 0.1) is 0 Å². The third-order valence-corrected chi connectivity index (χ3v) is 4.59. The molecule has 1 aromatic rings. The number of anilines is 1. The number of thiocarbonyl (C=S) groups is 1. The normalized spacial score (nSPS) is 15.0. The molecule has 1 amide bonds. The van der Waals surface area contributed by atoms with Gasteiger partial charge in [0.2, 0.25) is 0 Å². The summed E-state index contributed by atoms with van der Waals surface area (Å²) in [5, 5.41) is 7.39. The van der Waals surface area contributed by atoms with Crippen LogP contribution < -0.4 is 15.5 Å². The van der Waals surface area contributed by atoms with E-state index < -0.39 is 0 Å². The Hall–Kier alpha value is -1.63. The molecular weight excluding hydrogens is 344 g/mol. The van der Waals surface area contributed by atoms with Crippen molar-refractivity contribution in [3.63, 3.8) is 0 Å². The van der Waals surface area contributed by atoms with Gasteiger partial charge in [0.05, 0.1) is 36.9 Å². The lowest BCUT2D eigenvalue weighted by atomic mass is 10.3. The predicted octanol–water partition coefficient (Wildman–Crippen LogP) is 0.930. The average Bonchev–Trinajstić information content (AvgIpc) is 2.55. The molecule has 0 aromatic heterocycles. The first-order chi connectivity index (χ1) is 11.5. The van der Waals surface area contributed by atoms with Gasteiger partial charge in [0.1, 0.15) is 0 Å². The number of halogens is 1. The van der Waals surface area contributed by atoms with E-state index in [4.69, 9.17) is 23.8 Å². The molecule has 130 valence electrons. The van der Waals surface area contributed by atoms with Crippen LogP contribution in [0.2, 0.25) is 5.02 Å². The van der Waals surface area contributed by atoms with Crippen molar-refractivity contribution in [1.82, 2.24) is 10.2 Å². The molecule has 0 saturated carbocycles. The van der Waals surface area contributed by atoms with Crippen molar-refractivity contribution in [2.75, 3.05) is 44.6 Å². The third kappa shape index (κ3) is 5.78. The number of nitrogens with one attached hydrogen (secondary N) is 3. The standard InChI is InChI=1S/C17H23ClN4OS/c1-13(2)11-19-17(24)22-9-7-21(8-10-22)12-16(23)20-15-6-4-3-5-14(15)18/h3-6H,1,7-12H2,2H3,(H,19,24)(H,20,23)/p+1. The number of nitrogens with zero attached hydrogens (tertiary/aromatic N) is 1. The molecule has 1 aliphatic heterocycles. The van der Waals surface area contributed by atoms with Gasteiger partial charge in [-0.15, -0.1) is 0 Å². The van der Waals surface area contributed by atoms with Gasteiger partial charge in [-0.2, -0.15) is 0 Å². The maximum Gasteiger partial charge on any atom is 0.279 e. The van der Waals surface area contributed by atoms with Crippen LogP contribution in [0.15, 0.2) is 36.4 Å². The average molecular weight is 368 g/mol. The summed E-state index contributed by atoms with van der Waals surface area (Å²) in [6.45, 7) is 10.4. The Balaban J connectivity index is 1.74. The molecule has 1 heterocycles. The molecular formula is C17H24ClN4OS+. The molecule has 7 heteroatoms. The van der Waals surface area contributed by atoms with E-state index in [1.165, 1.54) is 4.90 Å². The van der Waals surface area contributed by atoms with Crippen molar-refractivity contribution in [2.45, 2.75) is 6.92 Å². The number of hydrogen-bond acceptors (Lipinski definition) is 2. The van der Waals surface area contributed by atoms with Gasteiger partial charge in [-0.3, -0.25) is 4.79 Å². The number of rotatable bonds is 5. The predicted molar refractivity (Wildman–Crippen MR) is 103 cm³/mol. The first kappa shape index (κ1) is 18.7. The van der Waals surface area contributed by atoms with Crippen LogP contribution in [0.4, 0.5) is 5.69 Å². The molecule has 0 spiro atoms. The van der Waals surface area contributed by atoms with E-state index in [1.807, 2.05) is 19.1 Å². The van der Waals surface area contributed by atoms with Crippen molar-refractivity contribution >= 4 is 40.5 Å². The Bertz CT molecular complexity index is 614. The summed E-state index contributed by atoms with van der Waals surface area (Å²) in [6, 6.07) is 7.26. The largest absolute Gasteiger partial charge is 0.359 e. The highest BCUT2D eigenvalue weighted by atomic mass is 35.5. The van der Waals surface area contributed by atoms with Gasteiger partial charge in [0.15, 0.2) is 11.7 Å². The minimum absolute atomic E-state index is 0.0190. The van der Waals surface area contributed by atoms with E-state index in [0.29, 0.717) is 23.8 Å². The number of piperazine rings is 1. The van der Waals surface area contributed by atoms with Crippen molar-refractivity contribution in [3.05, 3.63) is 41.4 Å². The molecule has 2 rings (SSSR count). The van der Waals surface area contributed by atoms with Gasteiger partial charge >= 0.3 is 0 Å². The van der Waals surface area contributed by atoms with Gasteiger partial charge in [-0.05, 0) is 31.3 Å². The number of benzene rings is 1. The second-order valence-corrected chi connectivity index (χ2v) is 6.85. The zero-order chi connectivity index (χ0) is 17.5. The summed E-state index contributed by atoms with van der Waals surface area (Å²) in [7, 11) is 0. The minimum atomic E-state index is -0.0190. The molecule has 0 atom stereocenters. The molecule has 24 heavy (non-hydrogen) atoms. The summed E-state index contributed by atoms with van der Waals surface area (Å²) < 4.78 is 0. The highest BCUT2D eigenvalue weighted by molar-refractivity contribution is 7.80. The lowest BCUT2D eigenvalue weighted by Gasteiger charge is -2.33. The van der Waals surface area contributed by atoms with Crippen LogP contribution in [0.3, 0.4) is 0 Å². The molecule has 0 bridgehead atoms. The minimum Gasteiger partial charge on any atom is -0.359 e. The van der Waals surface area contributed by atoms with Crippen molar-refractivity contribution in [1.29, 1.82) is 0 Å². The smallest absolute Gasteiger partial charge is 0.279 e. The maximum absolute atomic E-state index is 12.2. The third-order valence-electron chi connectivity index (χ3n) is 3.86. The molecule has 0 radical (unpaired) electrons. The second kappa shape index (κ2) is 9.01. The van der Waals surface area contributed by atoms with Crippen molar-refractivity contribution < 1.29 is 9.69 Å². The fourth-order valence-corrected chi connectivity index (χ4v) is 2.96. The Labute approximate surface area is 153 Å². The highest BCUT2D eigenvalue weighted by Crippen LogP contribution is 2.19. The maximum atomic E-state index is 12.2. The van der Waals surface area contributed by atoms with E-state index in [2.05, 4.69) is 22.1 Å². The quantitative estimate of drug-likeness (QED) is 0.535. The van der Waals surface area contributed by atoms with Gasteiger partial charge < -0.3 is 20.4 Å². The summed E-state index contributed by atoms with van der Waals surface area (Å²) in [5.74, 6) is -0.0190. The summed E-state index contributed by atoms with van der Waals surface area (Å²) in [4.78, 5) is 15.6. The van der Waals surface area contributed by atoms with Gasteiger partial charge in [-0.25, -0.2) is 0 Å². The van der Waals surface area contributed by atoms with E-state index in [-0.39, 0.29) is 5.91 Å². The zero-order valence-corrected chi connectivity index (χ0v) is 15.5. The second-order valence-electron chi connectivity index (χ2n) is 6.06. The lowest BCUT2D eigenvalue weighted by molar-refractivity contribution is -0.895. The summed E-state index contributed by atoms with van der Waals surface area (Å²) in [6.07, 6.45) is 0. The highest BCUT2D eigenvalue weighted by Gasteiger charge is 2.23.